The molecule has 0 spiro atoms. The van der Waals surface area contributed by atoms with Crippen molar-refractivity contribution in [3.8, 4) is 0 Å². The number of carbonyl (C=O) groups is 1. The van der Waals surface area contributed by atoms with Crippen LogP contribution in [0.1, 0.15) is 20.3 Å². The van der Waals surface area contributed by atoms with E-state index in [-0.39, 0.29) is 23.9 Å². The zero-order valence-electron chi connectivity index (χ0n) is 11.3. The Bertz CT molecular complexity index is 483. The Hall–Kier alpha value is 0.820. The zero-order valence-corrected chi connectivity index (χ0v) is 16.8. The maximum Gasteiger partial charge on any atom is 0.307 e. The molecule has 1 rings (SSSR count). The molecule has 1 fully saturated rings. The van der Waals surface area contributed by atoms with Gasteiger partial charge in [-0.05, 0) is 17.8 Å². The van der Waals surface area contributed by atoms with E-state index in [9.17, 15) is 18.3 Å². The fourth-order valence-corrected chi connectivity index (χ4v) is 4.71. The molecular weight excluding hydrogens is 484 g/mol. The first kappa shape index (κ1) is 18.9. The summed E-state index contributed by atoms with van der Waals surface area (Å²) in [5.74, 6) is -1.50. The van der Waals surface area contributed by atoms with Crippen LogP contribution in [0.2, 0.25) is 0 Å². The van der Waals surface area contributed by atoms with Crippen LogP contribution in [0, 0.1) is 23.2 Å². The van der Waals surface area contributed by atoms with E-state index in [0.29, 0.717) is 6.42 Å². The Morgan fingerprint density at radius 2 is 1.90 bits per heavy atom. The van der Waals surface area contributed by atoms with Gasteiger partial charge in [-0.15, -0.1) is 0 Å². The number of aliphatic carboxylic acids is 1. The lowest BCUT2D eigenvalue weighted by Crippen LogP contribution is -2.25. The molecule has 0 radical (unpaired) electrons. The molecule has 0 aromatic carbocycles. The summed E-state index contributed by atoms with van der Waals surface area (Å²) in [4.78, 5) is 11.3. The van der Waals surface area contributed by atoms with Crippen molar-refractivity contribution in [3.63, 3.8) is 0 Å². The largest absolute Gasteiger partial charge is 0.481 e. The lowest BCUT2D eigenvalue weighted by atomic mass is 9.96. The molecule has 1 aliphatic rings. The monoisotopic (exact) mass is 498 g/mol. The predicted octanol–water partition coefficient (Wildman–Crippen LogP) is 3.16. The lowest BCUT2D eigenvalue weighted by molar-refractivity contribution is -0.139. The van der Waals surface area contributed by atoms with Gasteiger partial charge in [-0.25, -0.2) is 0 Å². The average Bonchev–Trinajstić information content (AvgIpc) is 2.72. The van der Waals surface area contributed by atoms with Gasteiger partial charge in [0.25, 0.3) is 10.1 Å². The van der Waals surface area contributed by atoms with Crippen LogP contribution in [0.5, 0.6) is 0 Å². The maximum absolute atomic E-state index is 11.3. The van der Waals surface area contributed by atoms with Crippen LogP contribution < -0.4 is 0 Å². The fraction of sp³-hybridized carbons (Fsp3) is 0.909. The van der Waals surface area contributed by atoms with Crippen LogP contribution in [0.15, 0.2) is 0 Å². The van der Waals surface area contributed by atoms with Gasteiger partial charge in [0, 0.05) is 5.92 Å². The normalized spacial score (nSPS) is 27.1. The second kappa shape index (κ2) is 6.14. The highest BCUT2D eigenvalue weighted by Gasteiger charge is 2.66. The summed E-state index contributed by atoms with van der Waals surface area (Å²) < 4.78 is 26.1. The third kappa shape index (κ3) is 4.66. The van der Waals surface area contributed by atoms with Gasteiger partial charge in [0.15, 0.2) is 0 Å². The minimum Gasteiger partial charge on any atom is -0.481 e. The summed E-state index contributed by atoms with van der Waals surface area (Å²) in [6, 6.07) is 0. The molecular formula is C11H17Br3O5S. The van der Waals surface area contributed by atoms with Crippen LogP contribution in [0.3, 0.4) is 0 Å². The highest BCUT2D eigenvalue weighted by molar-refractivity contribution is 9.39. The predicted molar refractivity (Wildman–Crippen MR) is 86.8 cm³/mol. The molecule has 20 heavy (non-hydrogen) atoms. The quantitative estimate of drug-likeness (QED) is 0.447. The Morgan fingerprint density at radius 1 is 1.40 bits per heavy atom. The van der Waals surface area contributed by atoms with E-state index in [1.54, 1.807) is 0 Å². The van der Waals surface area contributed by atoms with Crippen molar-refractivity contribution in [2.24, 2.45) is 23.2 Å². The third-order valence-corrected chi connectivity index (χ3v) is 6.12. The second-order valence-electron chi connectivity index (χ2n) is 5.63. The second-order valence-corrected chi connectivity index (χ2v) is 14.2. The minimum atomic E-state index is -3.49. The number of halogens is 3. The van der Waals surface area contributed by atoms with Gasteiger partial charge in [-0.3, -0.25) is 8.98 Å². The molecule has 5 nitrogen and oxygen atoms in total. The van der Waals surface area contributed by atoms with E-state index in [0.717, 1.165) is 6.26 Å². The molecule has 0 saturated heterocycles. The first-order valence-electron chi connectivity index (χ1n) is 5.92. The van der Waals surface area contributed by atoms with Crippen molar-refractivity contribution >= 4 is 63.9 Å². The number of carboxylic acids is 1. The Kier molecular flexibility index (Phi) is 5.79. The van der Waals surface area contributed by atoms with Crippen molar-refractivity contribution in [2.75, 3.05) is 12.9 Å². The van der Waals surface area contributed by atoms with Crippen molar-refractivity contribution < 1.29 is 22.5 Å². The van der Waals surface area contributed by atoms with Gasteiger partial charge in [0.1, 0.15) is 2.14 Å². The molecule has 0 aliphatic heterocycles. The van der Waals surface area contributed by atoms with Gasteiger partial charge < -0.3 is 5.11 Å². The van der Waals surface area contributed by atoms with E-state index < -0.39 is 24.1 Å². The molecule has 3 unspecified atom stereocenters. The Morgan fingerprint density at radius 3 is 2.20 bits per heavy atom. The molecule has 0 bridgehead atoms. The molecule has 1 aliphatic carbocycles. The van der Waals surface area contributed by atoms with Gasteiger partial charge in [0.05, 0.1) is 18.8 Å². The average molecular weight is 501 g/mol. The summed E-state index contributed by atoms with van der Waals surface area (Å²) in [6.45, 7) is 3.83. The smallest absolute Gasteiger partial charge is 0.307 e. The standard InChI is InChI=1S/C11H17Br3O5S/c1-10(2)7(8(10)9(15)16)6(11(12,13)14)4-5-19-20(3,17)18/h6-8H,4-5H2,1-3H3,(H,15,16). The number of carboxylic acid groups (broad SMARTS) is 1. The molecule has 0 aromatic rings. The zero-order chi connectivity index (χ0) is 15.9. The number of rotatable bonds is 6. The van der Waals surface area contributed by atoms with Crippen molar-refractivity contribution in [1.29, 1.82) is 0 Å². The molecule has 118 valence electrons. The summed E-state index contributed by atoms with van der Waals surface area (Å²) >= 11 is 10.3. The fourth-order valence-electron chi connectivity index (χ4n) is 2.77. The van der Waals surface area contributed by atoms with Gasteiger partial charge in [-0.2, -0.15) is 8.42 Å². The third-order valence-electron chi connectivity index (χ3n) is 3.76. The number of hydrogen-bond acceptors (Lipinski definition) is 4. The summed E-state index contributed by atoms with van der Waals surface area (Å²) in [7, 11) is -3.49. The van der Waals surface area contributed by atoms with E-state index in [2.05, 4.69) is 47.8 Å². The molecule has 1 N–H and O–H groups in total. The molecule has 0 amide bonds. The molecule has 0 aromatic heterocycles. The SMILES string of the molecule is CC1(C)C(C(=O)O)C1C(CCOS(C)(=O)=O)C(Br)(Br)Br. The van der Waals surface area contributed by atoms with Crippen molar-refractivity contribution in [1.82, 2.24) is 0 Å². The van der Waals surface area contributed by atoms with E-state index in [4.69, 9.17) is 4.18 Å². The molecule has 1 saturated carbocycles. The van der Waals surface area contributed by atoms with Crippen LogP contribution in [0.4, 0.5) is 0 Å². The maximum atomic E-state index is 11.3. The number of hydrogen-bond donors (Lipinski definition) is 1. The molecule has 0 heterocycles. The van der Waals surface area contributed by atoms with E-state index >= 15 is 0 Å². The van der Waals surface area contributed by atoms with E-state index in [1.165, 1.54) is 0 Å². The summed E-state index contributed by atoms with van der Waals surface area (Å²) in [6.07, 6.45) is 1.40. The first-order chi connectivity index (χ1) is 8.78. The van der Waals surface area contributed by atoms with Crippen molar-refractivity contribution in [3.05, 3.63) is 0 Å². The summed E-state index contributed by atoms with van der Waals surface area (Å²) in [5, 5.41) is 9.26. The number of alkyl halides is 3. The van der Waals surface area contributed by atoms with Crippen LogP contribution in [0.25, 0.3) is 0 Å². The lowest BCUT2D eigenvalue weighted by Gasteiger charge is -2.27. The summed E-state index contributed by atoms with van der Waals surface area (Å²) in [5.41, 5.74) is -0.331. The molecule has 9 heteroatoms. The topological polar surface area (TPSA) is 80.7 Å². The minimum absolute atomic E-state index is 0.0208. The highest BCUT2D eigenvalue weighted by Crippen LogP contribution is 2.67. The first-order valence-corrected chi connectivity index (χ1v) is 10.1. The van der Waals surface area contributed by atoms with Crippen LogP contribution in [-0.2, 0) is 19.1 Å². The van der Waals surface area contributed by atoms with E-state index in [1.807, 2.05) is 13.8 Å². The van der Waals surface area contributed by atoms with Gasteiger partial charge in [-0.1, -0.05) is 61.6 Å². The van der Waals surface area contributed by atoms with Crippen molar-refractivity contribution in [2.45, 2.75) is 22.4 Å². The Labute approximate surface area is 144 Å². The van der Waals surface area contributed by atoms with Gasteiger partial charge in [0.2, 0.25) is 0 Å². The highest BCUT2D eigenvalue weighted by atomic mass is 80.0. The van der Waals surface area contributed by atoms with Gasteiger partial charge >= 0.3 is 5.97 Å². The van der Waals surface area contributed by atoms with Crippen LogP contribution >= 0.6 is 47.8 Å². The Balaban J connectivity index is 2.80. The van der Waals surface area contributed by atoms with Crippen LogP contribution in [-0.4, -0.2) is 34.5 Å². The molecule has 3 atom stereocenters.